The van der Waals surface area contributed by atoms with Gasteiger partial charge in [0, 0.05) is 31.4 Å². The first kappa shape index (κ1) is 19.0. The number of nitrogens with one attached hydrogen (secondary N) is 1. The molecule has 0 unspecified atom stereocenters. The summed E-state index contributed by atoms with van der Waals surface area (Å²) in [6.45, 7) is 1.89. The molecule has 1 aliphatic heterocycles. The van der Waals surface area contributed by atoms with Gasteiger partial charge >= 0.3 is 6.03 Å². The van der Waals surface area contributed by atoms with E-state index >= 15 is 0 Å². The molecule has 2 amide bonds. The number of benzene rings is 1. The number of pyridine rings is 1. The van der Waals surface area contributed by atoms with Crippen molar-refractivity contribution in [2.45, 2.75) is 18.9 Å². The highest BCUT2D eigenvalue weighted by Gasteiger charge is 2.24. The Hall–Kier alpha value is -2.74. The number of carbonyl (C=O) groups excluding carboxylic acids is 1. The molecule has 1 aliphatic rings. The van der Waals surface area contributed by atoms with Crippen molar-refractivity contribution in [1.29, 1.82) is 0 Å². The lowest BCUT2D eigenvalue weighted by molar-refractivity contribution is 0.156. The molecule has 27 heavy (non-hydrogen) atoms. The van der Waals surface area contributed by atoms with Gasteiger partial charge in [-0.25, -0.2) is 18.6 Å². The summed E-state index contributed by atoms with van der Waals surface area (Å²) >= 11 is 0. The molecule has 1 aromatic heterocycles. The van der Waals surface area contributed by atoms with Crippen molar-refractivity contribution in [3.05, 3.63) is 48.2 Å². The zero-order valence-corrected chi connectivity index (χ0v) is 15.3. The first-order chi connectivity index (χ1) is 12.9. The Bertz CT molecular complexity index is 810. The van der Waals surface area contributed by atoms with E-state index < -0.39 is 11.6 Å². The number of rotatable bonds is 4. The van der Waals surface area contributed by atoms with Crippen LogP contribution in [0.5, 0.6) is 11.5 Å². The standard InChI is InChI=1S/C19H22F2N4O2/c1-24-9-6-14(7-10-24)25(2)19(26)23-18-12-15(5-8-22-18)27-17-11-13(20)3-4-16(17)21/h3-5,8,11-12,14H,6-7,9-10H2,1-2H3,(H,22,23,26). The van der Waals surface area contributed by atoms with Crippen molar-refractivity contribution in [1.82, 2.24) is 14.8 Å². The second-order valence-electron chi connectivity index (χ2n) is 6.63. The number of carbonyl (C=O) groups is 1. The van der Waals surface area contributed by atoms with E-state index in [-0.39, 0.29) is 29.4 Å². The van der Waals surface area contributed by atoms with Crippen LogP contribution in [0.1, 0.15) is 12.8 Å². The molecule has 6 nitrogen and oxygen atoms in total. The van der Waals surface area contributed by atoms with E-state index in [1.165, 1.54) is 18.3 Å². The molecule has 0 bridgehead atoms. The molecule has 8 heteroatoms. The number of anilines is 1. The SMILES string of the molecule is CN1CCC(N(C)C(=O)Nc2cc(Oc3cc(F)ccc3F)ccn2)CC1. The van der Waals surface area contributed by atoms with Crippen molar-refractivity contribution in [2.24, 2.45) is 0 Å². The molecule has 144 valence electrons. The lowest BCUT2D eigenvalue weighted by Crippen LogP contribution is -2.46. The van der Waals surface area contributed by atoms with Gasteiger partial charge in [-0.2, -0.15) is 0 Å². The molecule has 2 heterocycles. The van der Waals surface area contributed by atoms with Gasteiger partial charge in [-0.3, -0.25) is 5.32 Å². The fourth-order valence-electron chi connectivity index (χ4n) is 2.97. The van der Waals surface area contributed by atoms with Crippen LogP contribution in [0.3, 0.4) is 0 Å². The minimum atomic E-state index is -0.680. The molecular formula is C19H22F2N4O2. The molecule has 2 aromatic rings. The van der Waals surface area contributed by atoms with Gasteiger partial charge in [0.1, 0.15) is 17.4 Å². The predicted molar refractivity (Wildman–Crippen MR) is 98.0 cm³/mol. The lowest BCUT2D eigenvalue weighted by Gasteiger charge is -2.34. The molecule has 3 rings (SSSR count). The van der Waals surface area contributed by atoms with Crippen LogP contribution in [-0.2, 0) is 0 Å². The van der Waals surface area contributed by atoms with Crippen LogP contribution in [-0.4, -0.2) is 54.0 Å². The highest BCUT2D eigenvalue weighted by atomic mass is 19.1. The average Bonchev–Trinajstić information content (AvgIpc) is 2.65. The number of aromatic nitrogens is 1. The number of nitrogens with zero attached hydrogens (tertiary/aromatic N) is 3. The topological polar surface area (TPSA) is 57.7 Å². The molecule has 1 N–H and O–H groups in total. The second kappa shape index (κ2) is 8.30. The van der Waals surface area contributed by atoms with E-state index in [1.54, 1.807) is 11.9 Å². The molecule has 0 radical (unpaired) electrons. The minimum Gasteiger partial charge on any atom is -0.454 e. The van der Waals surface area contributed by atoms with Gasteiger partial charge < -0.3 is 14.5 Å². The molecule has 0 spiro atoms. The Morgan fingerprint density at radius 1 is 1.26 bits per heavy atom. The summed E-state index contributed by atoms with van der Waals surface area (Å²) in [5.41, 5.74) is 0. The van der Waals surface area contributed by atoms with Gasteiger partial charge in [-0.1, -0.05) is 0 Å². The monoisotopic (exact) mass is 376 g/mol. The fraction of sp³-hybridized carbons (Fsp3) is 0.368. The normalized spacial score (nSPS) is 15.4. The second-order valence-corrected chi connectivity index (χ2v) is 6.63. The van der Waals surface area contributed by atoms with Crippen LogP contribution in [0, 0.1) is 11.6 Å². The van der Waals surface area contributed by atoms with Gasteiger partial charge in [-0.15, -0.1) is 0 Å². The lowest BCUT2D eigenvalue weighted by atomic mass is 10.0. The first-order valence-electron chi connectivity index (χ1n) is 8.73. The number of likely N-dealkylation sites (tertiary alicyclic amines) is 1. The van der Waals surface area contributed by atoms with Gasteiger partial charge in [0.15, 0.2) is 11.6 Å². The molecule has 0 atom stereocenters. The maximum Gasteiger partial charge on any atom is 0.323 e. The zero-order chi connectivity index (χ0) is 19.4. The van der Waals surface area contributed by atoms with E-state index in [2.05, 4.69) is 22.2 Å². The summed E-state index contributed by atoms with van der Waals surface area (Å²) < 4.78 is 32.4. The minimum absolute atomic E-state index is 0.169. The Labute approximate surface area is 156 Å². The number of ether oxygens (including phenoxy) is 1. The molecule has 1 saturated heterocycles. The predicted octanol–water partition coefficient (Wildman–Crippen LogP) is 3.71. The van der Waals surface area contributed by atoms with Crippen LogP contribution in [0.25, 0.3) is 0 Å². The Morgan fingerprint density at radius 2 is 2.00 bits per heavy atom. The van der Waals surface area contributed by atoms with Crippen LogP contribution in [0.15, 0.2) is 36.5 Å². The van der Waals surface area contributed by atoms with Gasteiger partial charge in [-0.05, 0) is 51.2 Å². The summed E-state index contributed by atoms with van der Waals surface area (Å²) in [5.74, 6) is -1.00. The quantitative estimate of drug-likeness (QED) is 0.884. The van der Waals surface area contributed by atoms with Crippen LogP contribution < -0.4 is 10.1 Å². The highest BCUT2D eigenvalue weighted by molar-refractivity contribution is 5.88. The Morgan fingerprint density at radius 3 is 2.74 bits per heavy atom. The molecular weight excluding hydrogens is 354 g/mol. The summed E-state index contributed by atoms with van der Waals surface area (Å²) in [6.07, 6.45) is 3.25. The first-order valence-corrected chi connectivity index (χ1v) is 8.73. The third-order valence-corrected chi connectivity index (χ3v) is 4.64. The molecule has 1 aromatic carbocycles. The fourth-order valence-corrected chi connectivity index (χ4v) is 2.97. The van der Waals surface area contributed by atoms with Crippen molar-refractivity contribution in [3.63, 3.8) is 0 Å². The third-order valence-electron chi connectivity index (χ3n) is 4.64. The number of urea groups is 1. The van der Waals surface area contributed by atoms with E-state index in [0.29, 0.717) is 0 Å². The van der Waals surface area contributed by atoms with Gasteiger partial charge in [0.25, 0.3) is 0 Å². The van der Waals surface area contributed by atoms with Crippen molar-refractivity contribution < 1.29 is 18.3 Å². The Balaban J connectivity index is 1.65. The van der Waals surface area contributed by atoms with Crippen LogP contribution >= 0.6 is 0 Å². The van der Waals surface area contributed by atoms with Crippen LogP contribution in [0.2, 0.25) is 0 Å². The molecule has 1 fully saturated rings. The maximum atomic E-state index is 13.7. The number of amides is 2. The molecule has 0 aliphatic carbocycles. The van der Waals surface area contributed by atoms with Crippen LogP contribution in [0.4, 0.5) is 19.4 Å². The van der Waals surface area contributed by atoms with Crippen molar-refractivity contribution in [2.75, 3.05) is 32.5 Å². The average molecular weight is 376 g/mol. The summed E-state index contributed by atoms with van der Waals surface area (Å²) in [4.78, 5) is 20.5. The number of hydrogen-bond donors (Lipinski definition) is 1. The van der Waals surface area contributed by atoms with E-state index in [4.69, 9.17) is 4.74 Å². The van der Waals surface area contributed by atoms with E-state index in [0.717, 1.165) is 44.1 Å². The molecule has 0 saturated carbocycles. The van der Waals surface area contributed by atoms with E-state index in [9.17, 15) is 13.6 Å². The maximum absolute atomic E-state index is 13.7. The van der Waals surface area contributed by atoms with Gasteiger partial charge in [0.2, 0.25) is 0 Å². The Kier molecular flexibility index (Phi) is 5.85. The smallest absolute Gasteiger partial charge is 0.323 e. The summed E-state index contributed by atoms with van der Waals surface area (Å²) in [6, 6.07) is 5.82. The number of piperidine rings is 1. The highest BCUT2D eigenvalue weighted by Crippen LogP contribution is 2.26. The summed E-state index contributed by atoms with van der Waals surface area (Å²) in [5, 5.41) is 2.72. The van der Waals surface area contributed by atoms with Crippen molar-refractivity contribution in [3.8, 4) is 11.5 Å². The summed E-state index contributed by atoms with van der Waals surface area (Å²) in [7, 11) is 3.82. The van der Waals surface area contributed by atoms with Gasteiger partial charge in [0.05, 0.1) is 0 Å². The van der Waals surface area contributed by atoms with E-state index in [1.807, 2.05) is 0 Å². The largest absolute Gasteiger partial charge is 0.454 e. The number of halogens is 2. The van der Waals surface area contributed by atoms with Crippen molar-refractivity contribution >= 4 is 11.8 Å². The number of hydrogen-bond acceptors (Lipinski definition) is 4. The third kappa shape index (κ3) is 4.91. The zero-order valence-electron chi connectivity index (χ0n) is 15.3.